The second-order valence-corrected chi connectivity index (χ2v) is 21.1. The van der Waals surface area contributed by atoms with Crippen LogP contribution in [0, 0.1) is 12.3 Å². The number of aliphatic hydroxyl groups is 1. The molecule has 0 radical (unpaired) electrons. The summed E-state index contributed by atoms with van der Waals surface area (Å²) in [7, 11) is 4.09. The lowest BCUT2D eigenvalue weighted by Crippen LogP contribution is -2.58. The van der Waals surface area contributed by atoms with Gasteiger partial charge in [-0.1, -0.05) is 75.4 Å². The van der Waals surface area contributed by atoms with E-state index < -0.39 is 35.4 Å². The lowest BCUT2D eigenvalue weighted by Gasteiger charge is -2.35. The quantitative estimate of drug-likeness (QED) is 0.0436. The number of hydrogen-bond donors (Lipinski definition) is 3. The van der Waals surface area contributed by atoms with Crippen LogP contribution in [-0.2, 0) is 51.0 Å². The average molecular weight is 1040 g/mol. The number of likely N-dealkylation sites (tertiary alicyclic amines) is 1. The number of pyridine rings is 1. The van der Waals surface area contributed by atoms with Crippen LogP contribution < -0.4 is 15.5 Å². The highest BCUT2D eigenvalue weighted by Gasteiger charge is 2.44. The van der Waals surface area contributed by atoms with Gasteiger partial charge < -0.3 is 49.2 Å². The van der Waals surface area contributed by atoms with E-state index >= 15 is 0 Å². The molecule has 390 valence electrons. The van der Waals surface area contributed by atoms with Crippen molar-refractivity contribution in [2.24, 2.45) is 5.41 Å². The molecule has 73 heavy (non-hydrogen) atoms. The third-order valence-corrected chi connectivity index (χ3v) is 14.4. The van der Waals surface area contributed by atoms with Crippen LogP contribution in [0.5, 0.6) is 0 Å². The Labute approximate surface area is 436 Å². The number of aromatic nitrogens is 3. The van der Waals surface area contributed by atoms with Crippen LogP contribution in [0.3, 0.4) is 0 Å². The maximum atomic E-state index is 13.9. The van der Waals surface area contributed by atoms with Crippen molar-refractivity contribution in [1.29, 1.82) is 0 Å². The van der Waals surface area contributed by atoms with Gasteiger partial charge in [0.15, 0.2) is 0 Å². The van der Waals surface area contributed by atoms with E-state index in [-0.39, 0.29) is 45.2 Å². The zero-order chi connectivity index (χ0) is 51.7. The monoisotopic (exact) mass is 1040 g/mol. The van der Waals surface area contributed by atoms with Crippen LogP contribution in [0.25, 0.3) is 42.4 Å². The van der Waals surface area contributed by atoms with Gasteiger partial charge in [0.1, 0.15) is 23.7 Å². The zero-order valence-corrected chi connectivity index (χ0v) is 44.4. The van der Waals surface area contributed by atoms with Gasteiger partial charge in [0, 0.05) is 68.9 Å². The molecule has 7 rings (SSSR count). The lowest BCUT2D eigenvalue weighted by atomic mass is 9.85. The van der Waals surface area contributed by atoms with Crippen LogP contribution in [0.15, 0.2) is 90.6 Å². The van der Waals surface area contributed by atoms with Gasteiger partial charge in [-0.2, -0.15) is 0 Å². The molecule has 3 amide bonds. The third kappa shape index (κ3) is 16.1. The van der Waals surface area contributed by atoms with Crippen molar-refractivity contribution in [1.82, 2.24) is 30.5 Å². The highest BCUT2D eigenvalue weighted by atomic mass is 32.1. The Kier molecular flexibility index (Phi) is 20.4. The number of carbonyl (C=O) groups excluding carboxylic acids is 3. The SMILES string of the molecule is Cc1ncsc1-c1ccc(CNC(=O)[C@@H]2C[C@@H](O)CN2C(=O)[C@@H](NC(=O)COCCOCCOCCOCCOCCCc2ccc(-c3ccc(-c4nc5ccc(N(C)C)cc5s4)cc3)cn2)C(C)(C)C)cc1. The Hall–Kier alpha value is -5.70. The molecule has 0 aliphatic carbocycles. The Balaban J connectivity index is 0.684. The van der Waals surface area contributed by atoms with Gasteiger partial charge in [-0.3, -0.25) is 19.4 Å². The molecule has 3 aromatic carbocycles. The topological polar surface area (TPSA) is 187 Å². The van der Waals surface area contributed by atoms with E-state index in [0.717, 1.165) is 67.4 Å². The summed E-state index contributed by atoms with van der Waals surface area (Å²) in [6.45, 7) is 11.1. The minimum absolute atomic E-state index is 0.0106. The Morgan fingerprint density at radius 2 is 1.42 bits per heavy atom. The van der Waals surface area contributed by atoms with E-state index in [1.807, 2.05) is 77.8 Å². The van der Waals surface area contributed by atoms with E-state index in [9.17, 15) is 19.5 Å². The minimum Gasteiger partial charge on any atom is -0.391 e. The maximum Gasteiger partial charge on any atom is 0.246 e. The summed E-state index contributed by atoms with van der Waals surface area (Å²) in [4.78, 5) is 58.7. The predicted molar refractivity (Wildman–Crippen MR) is 287 cm³/mol. The predicted octanol–water partition coefficient (Wildman–Crippen LogP) is 7.35. The molecule has 3 atom stereocenters. The summed E-state index contributed by atoms with van der Waals surface area (Å²) in [6.07, 6.45) is 2.86. The first kappa shape index (κ1) is 55.1. The number of anilines is 1. The molecule has 0 bridgehead atoms. The number of rotatable bonds is 27. The molecule has 1 aliphatic heterocycles. The van der Waals surface area contributed by atoms with Gasteiger partial charge in [0.2, 0.25) is 17.7 Å². The molecule has 1 aliphatic rings. The molecule has 0 saturated carbocycles. The van der Waals surface area contributed by atoms with Crippen molar-refractivity contribution in [3.8, 4) is 32.1 Å². The second-order valence-electron chi connectivity index (χ2n) is 19.2. The number of ether oxygens (including phenoxy) is 5. The summed E-state index contributed by atoms with van der Waals surface area (Å²) in [6, 6.07) is 25.1. The lowest BCUT2D eigenvalue weighted by molar-refractivity contribution is -0.144. The highest BCUT2D eigenvalue weighted by Crippen LogP contribution is 2.34. The summed E-state index contributed by atoms with van der Waals surface area (Å²) >= 11 is 3.28. The van der Waals surface area contributed by atoms with Gasteiger partial charge in [-0.05, 0) is 66.1 Å². The van der Waals surface area contributed by atoms with E-state index in [1.54, 1.807) is 22.7 Å². The largest absolute Gasteiger partial charge is 0.391 e. The number of carbonyl (C=O) groups is 3. The molecule has 3 N–H and O–H groups in total. The molecule has 6 aromatic rings. The van der Waals surface area contributed by atoms with Crippen molar-refractivity contribution >= 4 is 56.3 Å². The van der Waals surface area contributed by atoms with E-state index in [4.69, 9.17) is 28.7 Å². The zero-order valence-electron chi connectivity index (χ0n) is 42.8. The van der Waals surface area contributed by atoms with E-state index in [0.29, 0.717) is 46.2 Å². The van der Waals surface area contributed by atoms with Gasteiger partial charge in [0.05, 0.1) is 85.3 Å². The van der Waals surface area contributed by atoms with Gasteiger partial charge in [-0.25, -0.2) is 9.97 Å². The summed E-state index contributed by atoms with van der Waals surface area (Å²) in [5, 5.41) is 17.3. The Morgan fingerprint density at radius 3 is 2.04 bits per heavy atom. The third-order valence-electron chi connectivity index (χ3n) is 12.3. The molecule has 3 aromatic heterocycles. The van der Waals surface area contributed by atoms with Crippen LogP contribution in [0.1, 0.15) is 50.6 Å². The number of hydrogen-bond acceptors (Lipinski definition) is 15. The van der Waals surface area contributed by atoms with Crippen LogP contribution >= 0.6 is 22.7 Å². The fourth-order valence-electron chi connectivity index (χ4n) is 8.25. The van der Waals surface area contributed by atoms with Gasteiger partial charge in [0.25, 0.3) is 0 Å². The number of nitrogens with zero attached hydrogens (tertiary/aromatic N) is 5. The molecule has 18 heteroatoms. The summed E-state index contributed by atoms with van der Waals surface area (Å²) < 4.78 is 29.3. The Morgan fingerprint density at radius 1 is 0.795 bits per heavy atom. The van der Waals surface area contributed by atoms with Gasteiger partial charge >= 0.3 is 0 Å². The molecule has 16 nitrogen and oxygen atoms in total. The number of fused-ring (bicyclic) bond motifs is 1. The van der Waals surface area contributed by atoms with E-state index in [2.05, 4.69) is 80.1 Å². The molecule has 1 saturated heterocycles. The smallest absolute Gasteiger partial charge is 0.246 e. The van der Waals surface area contributed by atoms with Crippen LogP contribution in [0.4, 0.5) is 5.69 Å². The number of aliphatic hydroxyl groups excluding tert-OH is 1. The minimum atomic E-state index is -0.956. The Bertz CT molecular complexity index is 2690. The molecule has 0 spiro atoms. The van der Waals surface area contributed by atoms with Gasteiger partial charge in [-0.15, -0.1) is 22.7 Å². The number of aryl methyl sites for hydroxylation is 2. The number of amides is 3. The number of benzene rings is 3. The number of thiazole rings is 2. The van der Waals surface area contributed by atoms with Crippen molar-refractivity contribution in [3.63, 3.8) is 0 Å². The molecule has 4 heterocycles. The van der Waals surface area contributed by atoms with Crippen LogP contribution in [0.2, 0.25) is 0 Å². The summed E-state index contributed by atoms with van der Waals surface area (Å²) in [5.74, 6) is -1.28. The standard InChI is InChI=1S/C55H69N7O9S2/c1-37-50(72-36-58-37)40-11-9-38(10-12-40)32-57-52(65)47-31-45(63)34-62(47)54(66)51(55(2,3)4)60-49(64)35-71-29-28-70-27-26-69-25-24-68-23-22-67-21-7-8-43-18-17-42(33-56-43)39-13-15-41(16-14-39)53-59-46-20-19-44(61(5)6)30-48(46)73-53/h9-20,30,33,36,45,47,51,63H,7-8,21-29,31-32,34-35H2,1-6H3,(H,57,65)(H,60,64)/t45-,47+,51-/m1/s1. The van der Waals surface area contributed by atoms with Crippen molar-refractivity contribution in [3.05, 3.63) is 108 Å². The molecule has 0 unspecified atom stereocenters. The first-order valence-corrected chi connectivity index (χ1v) is 26.5. The van der Waals surface area contributed by atoms with Crippen LogP contribution in [-0.4, -0.2) is 148 Å². The number of nitrogens with one attached hydrogen (secondary N) is 2. The molecular weight excluding hydrogens is 967 g/mol. The maximum absolute atomic E-state index is 13.9. The first-order valence-electron chi connectivity index (χ1n) is 24.8. The normalized spacial score (nSPS) is 15.2. The van der Waals surface area contributed by atoms with Crippen molar-refractivity contribution in [2.45, 2.75) is 71.7 Å². The fourth-order valence-corrected chi connectivity index (χ4v) is 10.1. The molecule has 1 fully saturated rings. The number of β-amino-alcohol motifs (C(OH)–C–C–N with tert-alkyl or cyclic N) is 1. The van der Waals surface area contributed by atoms with Crippen molar-refractivity contribution in [2.75, 3.05) is 91.6 Å². The summed E-state index contributed by atoms with van der Waals surface area (Å²) in [5.41, 5.74) is 10.5. The second kappa shape index (κ2) is 27.0. The highest BCUT2D eigenvalue weighted by molar-refractivity contribution is 7.21. The average Bonchev–Trinajstić information content (AvgIpc) is 4.13. The fraction of sp³-hybridized carbons (Fsp3) is 0.455. The first-order chi connectivity index (χ1) is 35.2. The van der Waals surface area contributed by atoms with Crippen molar-refractivity contribution < 1.29 is 43.2 Å². The van der Waals surface area contributed by atoms with E-state index in [1.165, 1.54) is 15.3 Å². The molecular formula is C55H69N7O9S2.